The molecule has 0 radical (unpaired) electrons. The molecule has 0 aromatic rings. The minimum Gasteiger partial charge on any atom is -0.353 e. The average Bonchev–Trinajstić information content (AvgIpc) is 2.00. The molecule has 0 aliphatic carbocycles. The Morgan fingerprint density at radius 1 is 1.27 bits per heavy atom. The highest BCUT2D eigenvalue weighted by Crippen LogP contribution is 2.32. The monoisotopic (exact) mass is 182 g/mol. The molecule has 0 aromatic carbocycles. The SMILES string of the molecule is CCC(CP(O)O)(OC)OC. The van der Waals surface area contributed by atoms with Crippen molar-refractivity contribution in [2.45, 2.75) is 19.1 Å². The van der Waals surface area contributed by atoms with Gasteiger partial charge in [-0.05, 0) is 6.42 Å². The Morgan fingerprint density at radius 3 is 1.82 bits per heavy atom. The highest BCUT2D eigenvalue weighted by atomic mass is 31.2. The van der Waals surface area contributed by atoms with Crippen LogP contribution in [-0.4, -0.2) is 36.0 Å². The van der Waals surface area contributed by atoms with Crippen molar-refractivity contribution in [3.63, 3.8) is 0 Å². The van der Waals surface area contributed by atoms with E-state index < -0.39 is 14.2 Å². The molecule has 68 valence electrons. The second-order valence-corrected chi connectivity index (χ2v) is 3.26. The van der Waals surface area contributed by atoms with Crippen LogP contribution in [0.4, 0.5) is 0 Å². The third-order valence-corrected chi connectivity index (χ3v) is 2.43. The molecule has 0 aliphatic heterocycles. The van der Waals surface area contributed by atoms with Gasteiger partial charge in [0.2, 0.25) is 0 Å². The molecule has 2 N–H and O–H groups in total. The molecule has 0 aromatic heterocycles. The summed E-state index contributed by atoms with van der Waals surface area (Å²) < 4.78 is 10.0. The van der Waals surface area contributed by atoms with Gasteiger partial charge in [-0.1, -0.05) is 6.92 Å². The van der Waals surface area contributed by atoms with E-state index in [1.165, 1.54) is 14.2 Å². The minimum atomic E-state index is -1.96. The van der Waals surface area contributed by atoms with Gasteiger partial charge in [-0.2, -0.15) is 0 Å². The molecule has 0 aliphatic rings. The van der Waals surface area contributed by atoms with Crippen LogP contribution in [0.1, 0.15) is 13.3 Å². The van der Waals surface area contributed by atoms with Crippen molar-refractivity contribution in [3.05, 3.63) is 0 Å². The van der Waals surface area contributed by atoms with Crippen LogP contribution < -0.4 is 0 Å². The first-order valence-electron chi connectivity index (χ1n) is 3.36. The molecule has 0 fully saturated rings. The van der Waals surface area contributed by atoms with Gasteiger partial charge in [0, 0.05) is 14.2 Å². The normalized spacial score (nSPS) is 12.5. The zero-order valence-corrected chi connectivity index (χ0v) is 7.97. The molecular weight excluding hydrogens is 167 g/mol. The largest absolute Gasteiger partial charge is 0.353 e. The zero-order chi connectivity index (χ0) is 8.91. The fourth-order valence-electron chi connectivity index (χ4n) is 0.828. The quantitative estimate of drug-likeness (QED) is 0.485. The molecule has 0 bridgehead atoms. The zero-order valence-electron chi connectivity index (χ0n) is 7.07. The maximum atomic E-state index is 8.74. The van der Waals surface area contributed by atoms with Crippen molar-refractivity contribution in [2.24, 2.45) is 0 Å². The fourth-order valence-corrected chi connectivity index (χ4v) is 1.74. The van der Waals surface area contributed by atoms with Crippen LogP contribution in [0.3, 0.4) is 0 Å². The van der Waals surface area contributed by atoms with Crippen LogP contribution in [0.5, 0.6) is 0 Å². The topological polar surface area (TPSA) is 58.9 Å². The summed E-state index contributed by atoms with van der Waals surface area (Å²) in [4.78, 5) is 17.5. The van der Waals surface area contributed by atoms with Crippen LogP contribution in [0.15, 0.2) is 0 Å². The van der Waals surface area contributed by atoms with E-state index in [0.717, 1.165) is 0 Å². The summed E-state index contributed by atoms with van der Waals surface area (Å²) in [5, 5.41) is 0. The van der Waals surface area contributed by atoms with Gasteiger partial charge < -0.3 is 19.3 Å². The first kappa shape index (κ1) is 11.3. The predicted octanol–water partition coefficient (Wildman–Crippen LogP) is 0.682. The van der Waals surface area contributed by atoms with Crippen molar-refractivity contribution in [3.8, 4) is 0 Å². The lowest BCUT2D eigenvalue weighted by molar-refractivity contribution is -0.192. The number of ether oxygens (including phenoxy) is 2. The standard InChI is InChI=1S/C6H15O4P/c1-4-6(9-2,10-3)5-11(7)8/h7-8H,4-5H2,1-3H3. The molecule has 0 saturated heterocycles. The summed E-state index contributed by atoms with van der Waals surface area (Å²) in [6.07, 6.45) is 0.728. The molecule has 0 heterocycles. The Morgan fingerprint density at radius 2 is 1.73 bits per heavy atom. The molecule has 11 heavy (non-hydrogen) atoms. The van der Waals surface area contributed by atoms with Crippen LogP contribution in [0, 0.1) is 0 Å². The van der Waals surface area contributed by atoms with E-state index in [4.69, 9.17) is 19.3 Å². The Labute approximate surface area is 68.1 Å². The molecule has 0 rings (SSSR count). The van der Waals surface area contributed by atoms with Crippen LogP contribution in [0.25, 0.3) is 0 Å². The van der Waals surface area contributed by atoms with Gasteiger partial charge in [0.1, 0.15) is 0 Å². The Balaban J connectivity index is 4.05. The van der Waals surface area contributed by atoms with E-state index in [0.29, 0.717) is 6.42 Å². The van der Waals surface area contributed by atoms with Crippen molar-refractivity contribution in [1.29, 1.82) is 0 Å². The lowest BCUT2D eigenvalue weighted by Gasteiger charge is -2.29. The lowest BCUT2D eigenvalue weighted by Crippen LogP contribution is -2.36. The van der Waals surface area contributed by atoms with Crippen LogP contribution >= 0.6 is 8.38 Å². The average molecular weight is 182 g/mol. The maximum absolute atomic E-state index is 8.74. The first-order valence-corrected chi connectivity index (χ1v) is 4.79. The summed E-state index contributed by atoms with van der Waals surface area (Å²) in [6.45, 7) is 1.87. The van der Waals surface area contributed by atoms with Crippen molar-refractivity contribution < 1.29 is 19.3 Å². The molecule has 4 nitrogen and oxygen atoms in total. The van der Waals surface area contributed by atoms with Crippen molar-refractivity contribution >= 4 is 8.38 Å². The minimum absolute atomic E-state index is 0.131. The Bertz CT molecular complexity index is 94.5. The summed E-state index contributed by atoms with van der Waals surface area (Å²) in [5.41, 5.74) is 0. The van der Waals surface area contributed by atoms with Crippen LogP contribution in [-0.2, 0) is 9.47 Å². The molecule has 0 atom stereocenters. The molecule has 0 unspecified atom stereocenters. The fraction of sp³-hybridized carbons (Fsp3) is 1.00. The second-order valence-electron chi connectivity index (χ2n) is 2.20. The van der Waals surface area contributed by atoms with Crippen LogP contribution in [0.2, 0.25) is 0 Å². The van der Waals surface area contributed by atoms with E-state index in [1.54, 1.807) is 0 Å². The van der Waals surface area contributed by atoms with E-state index >= 15 is 0 Å². The highest BCUT2D eigenvalue weighted by Gasteiger charge is 2.30. The molecule has 0 amide bonds. The highest BCUT2D eigenvalue weighted by molar-refractivity contribution is 7.45. The summed E-state index contributed by atoms with van der Waals surface area (Å²) in [7, 11) is 1.03. The maximum Gasteiger partial charge on any atom is 0.175 e. The van der Waals surface area contributed by atoms with E-state index in [9.17, 15) is 0 Å². The molecular formula is C6H15O4P. The van der Waals surface area contributed by atoms with Gasteiger partial charge in [-0.3, -0.25) is 0 Å². The van der Waals surface area contributed by atoms with Gasteiger partial charge >= 0.3 is 0 Å². The predicted molar refractivity (Wildman–Crippen MR) is 43.3 cm³/mol. The summed E-state index contributed by atoms with van der Waals surface area (Å²) in [6, 6.07) is 0. The third kappa shape index (κ3) is 3.45. The molecule has 0 spiro atoms. The second kappa shape index (κ2) is 5.01. The smallest absolute Gasteiger partial charge is 0.175 e. The van der Waals surface area contributed by atoms with Crippen molar-refractivity contribution in [1.82, 2.24) is 0 Å². The van der Waals surface area contributed by atoms with Gasteiger partial charge in [0.15, 0.2) is 14.2 Å². The molecule has 0 saturated carbocycles. The number of hydrogen-bond donors (Lipinski definition) is 2. The van der Waals surface area contributed by atoms with E-state index in [2.05, 4.69) is 0 Å². The van der Waals surface area contributed by atoms with Crippen molar-refractivity contribution in [2.75, 3.05) is 20.4 Å². The van der Waals surface area contributed by atoms with Gasteiger partial charge in [-0.25, -0.2) is 0 Å². The Kier molecular flexibility index (Phi) is 5.13. The van der Waals surface area contributed by atoms with E-state index in [1.807, 2.05) is 6.92 Å². The number of hydrogen-bond acceptors (Lipinski definition) is 4. The first-order chi connectivity index (χ1) is 5.10. The van der Waals surface area contributed by atoms with Gasteiger partial charge in [0.25, 0.3) is 0 Å². The summed E-state index contributed by atoms with van der Waals surface area (Å²) in [5.74, 6) is -0.824. The van der Waals surface area contributed by atoms with E-state index in [-0.39, 0.29) is 6.16 Å². The van der Waals surface area contributed by atoms with Gasteiger partial charge in [0.05, 0.1) is 6.16 Å². The number of methoxy groups -OCH3 is 2. The third-order valence-electron chi connectivity index (χ3n) is 1.67. The Hall–Kier alpha value is 0.270. The molecule has 5 heteroatoms. The van der Waals surface area contributed by atoms with Gasteiger partial charge in [-0.15, -0.1) is 0 Å². The number of rotatable bonds is 5. The summed E-state index contributed by atoms with van der Waals surface area (Å²) >= 11 is 0. The lowest BCUT2D eigenvalue weighted by atomic mass is 10.2.